The van der Waals surface area contributed by atoms with Gasteiger partial charge in [0.25, 0.3) is 8.32 Å². The molecule has 21 heavy (non-hydrogen) atoms. The molecule has 0 saturated heterocycles. The predicted molar refractivity (Wildman–Crippen MR) is 70.4 cm³/mol. The SMILES string of the molecule is C[Si](C)(Oc1ccccc1)c1c(F)c(F)c(F)c(F)c1F. The van der Waals surface area contributed by atoms with Gasteiger partial charge in [-0.15, -0.1) is 0 Å². The van der Waals surface area contributed by atoms with Crippen LogP contribution in [-0.4, -0.2) is 8.32 Å². The van der Waals surface area contributed by atoms with Gasteiger partial charge in [-0.1, -0.05) is 18.2 Å². The lowest BCUT2D eigenvalue weighted by Gasteiger charge is -2.25. The molecule has 0 aliphatic heterocycles. The fourth-order valence-electron chi connectivity index (χ4n) is 1.97. The summed E-state index contributed by atoms with van der Waals surface area (Å²) in [6.45, 7) is 2.72. The van der Waals surface area contributed by atoms with Gasteiger partial charge in [-0.05, 0) is 25.2 Å². The van der Waals surface area contributed by atoms with Gasteiger partial charge in [0.05, 0.1) is 5.19 Å². The van der Waals surface area contributed by atoms with Crippen LogP contribution in [0.1, 0.15) is 0 Å². The van der Waals surface area contributed by atoms with Crippen LogP contribution >= 0.6 is 0 Å². The van der Waals surface area contributed by atoms with Crippen LogP contribution in [0.2, 0.25) is 13.1 Å². The minimum absolute atomic E-state index is 0.304. The Kier molecular flexibility index (Phi) is 4.04. The quantitative estimate of drug-likeness (QED) is 0.361. The molecule has 0 heterocycles. The summed E-state index contributed by atoms with van der Waals surface area (Å²) >= 11 is 0. The number of hydrogen-bond donors (Lipinski definition) is 0. The van der Waals surface area contributed by atoms with E-state index in [1.807, 2.05) is 0 Å². The maximum absolute atomic E-state index is 13.8. The van der Waals surface area contributed by atoms with Crippen molar-refractivity contribution in [3.8, 4) is 5.75 Å². The van der Waals surface area contributed by atoms with Gasteiger partial charge in [-0.3, -0.25) is 0 Å². The van der Waals surface area contributed by atoms with Gasteiger partial charge < -0.3 is 4.43 Å². The van der Waals surface area contributed by atoms with Crippen LogP contribution in [0, 0.1) is 29.1 Å². The first-order chi connectivity index (χ1) is 9.75. The minimum Gasteiger partial charge on any atom is -0.539 e. The third kappa shape index (κ3) is 2.78. The summed E-state index contributed by atoms with van der Waals surface area (Å²) in [5, 5.41) is -0.872. The molecule has 0 atom stereocenters. The lowest BCUT2D eigenvalue weighted by atomic mass is 10.3. The smallest absolute Gasteiger partial charge is 0.282 e. The highest BCUT2D eigenvalue weighted by Gasteiger charge is 2.39. The monoisotopic (exact) mass is 318 g/mol. The van der Waals surface area contributed by atoms with Crippen molar-refractivity contribution in [2.24, 2.45) is 0 Å². The first-order valence-electron chi connectivity index (χ1n) is 6.01. The van der Waals surface area contributed by atoms with Crippen LogP contribution in [0.15, 0.2) is 30.3 Å². The zero-order valence-electron chi connectivity index (χ0n) is 11.2. The summed E-state index contributed by atoms with van der Waals surface area (Å²) in [6.07, 6.45) is 0. The number of benzene rings is 2. The van der Waals surface area contributed by atoms with Crippen molar-refractivity contribution in [3.63, 3.8) is 0 Å². The number of para-hydroxylation sites is 1. The van der Waals surface area contributed by atoms with Crippen molar-refractivity contribution in [1.82, 2.24) is 0 Å². The molecule has 2 rings (SSSR count). The summed E-state index contributed by atoms with van der Waals surface area (Å²) in [5.74, 6) is -9.45. The third-order valence-corrected chi connectivity index (χ3v) is 5.32. The zero-order chi connectivity index (χ0) is 15.8. The summed E-state index contributed by atoms with van der Waals surface area (Å²) in [4.78, 5) is 0. The second-order valence-electron chi connectivity index (χ2n) is 4.87. The fourth-order valence-corrected chi connectivity index (χ4v) is 4.07. The van der Waals surface area contributed by atoms with Gasteiger partial charge in [0.15, 0.2) is 23.3 Å². The molecule has 0 N–H and O–H groups in total. The van der Waals surface area contributed by atoms with Crippen molar-refractivity contribution in [3.05, 3.63) is 59.4 Å². The Morgan fingerprint density at radius 2 is 1.14 bits per heavy atom. The molecule has 7 heteroatoms. The lowest BCUT2D eigenvalue weighted by molar-refractivity contribution is 0.382. The van der Waals surface area contributed by atoms with Gasteiger partial charge in [0, 0.05) is 0 Å². The van der Waals surface area contributed by atoms with Crippen molar-refractivity contribution >= 4 is 13.5 Å². The van der Waals surface area contributed by atoms with Crippen LogP contribution < -0.4 is 9.61 Å². The Balaban J connectivity index is 2.55. The molecule has 0 radical (unpaired) electrons. The number of halogens is 5. The second kappa shape index (κ2) is 5.48. The summed E-state index contributed by atoms with van der Waals surface area (Å²) in [5.41, 5.74) is 0. The number of hydrogen-bond acceptors (Lipinski definition) is 1. The van der Waals surface area contributed by atoms with Crippen LogP contribution in [0.5, 0.6) is 5.75 Å². The van der Waals surface area contributed by atoms with E-state index in [1.165, 1.54) is 13.1 Å². The van der Waals surface area contributed by atoms with Crippen molar-refractivity contribution in [2.75, 3.05) is 0 Å². The second-order valence-corrected chi connectivity index (χ2v) is 8.60. The molecule has 112 valence electrons. The standard InChI is InChI=1S/C14H11F5OSi/c1-21(2,20-8-6-4-3-5-7-8)14-12(18)10(16)9(15)11(17)13(14)19/h3-7H,1-2H3. The van der Waals surface area contributed by atoms with Crippen molar-refractivity contribution < 1.29 is 26.4 Å². The van der Waals surface area contributed by atoms with Crippen LogP contribution in [-0.2, 0) is 0 Å². The van der Waals surface area contributed by atoms with E-state index in [0.29, 0.717) is 5.75 Å². The Bertz CT molecular complexity index is 644. The van der Waals surface area contributed by atoms with Crippen molar-refractivity contribution in [1.29, 1.82) is 0 Å². The normalized spacial score (nSPS) is 11.6. The predicted octanol–water partition coefficient (Wildman–Crippen LogP) is 3.87. The molecule has 0 aliphatic carbocycles. The fraction of sp³-hybridized carbons (Fsp3) is 0.143. The first kappa shape index (κ1) is 15.5. The molecule has 0 bridgehead atoms. The molecular weight excluding hydrogens is 307 g/mol. The maximum Gasteiger partial charge on any atom is 0.282 e. The largest absolute Gasteiger partial charge is 0.539 e. The Labute approximate surface area is 119 Å². The summed E-state index contributed by atoms with van der Waals surface area (Å²) < 4.78 is 72.8. The van der Waals surface area contributed by atoms with Gasteiger partial charge >= 0.3 is 0 Å². The van der Waals surface area contributed by atoms with E-state index in [2.05, 4.69) is 0 Å². The topological polar surface area (TPSA) is 9.23 Å². The van der Waals surface area contributed by atoms with E-state index in [1.54, 1.807) is 30.3 Å². The van der Waals surface area contributed by atoms with E-state index in [-0.39, 0.29) is 0 Å². The molecule has 0 amide bonds. The Morgan fingerprint density at radius 3 is 1.62 bits per heavy atom. The highest BCUT2D eigenvalue weighted by molar-refractivity contribution is 6.85. The molecule has 0 aromatic heterocycles. The van der Waals surface area contributed by atoms with E-state index in [4.69, 9.17) is 4.43 Å². The first-order valence-corrected chi connectivity index (χ1v) is 8.92. The van der Waals surface area contributed by atoms with Gasteiger partial charge in [-0.25, -0.2) is 22.0 Å². The average Bonchev–Trinajstić information content (AvgIpc) is 2.43. The Morgan fingerprint density at radius 1 is 0.714 bits per heavy atom. The van der Waals surface area contributed by atoms with Crippen LogP contribution in [0.25, 0.3) is 0 Å². The molecule has 0 fully saturated rings. The number of rotatable bonds is 3. The molecule has 0 saturated carbocycles. The van der Waals surface area contributed by atoms with Gasteiger partial charge in [0.1, 0.15) is 5.75 Å². The molecule has 1 nitrogen and oxygen atoms in total. The highest BCUT2D eigenvalue weighted by Crippen LogP contribution is 2.22. The lowest BCUT2D eigenvalue weighted by Crippen LogP contribution is -2.52. The maximum atomic E-state index is 13.8. The van der Waals surface area contributed by atoms with Gasteiger partial charge in [0.2, 0.25) is 5.82 Å². The van der Waals surface area contributed by atoms with Gasteiger partial charge in [-0.2, -0.15) is 0 Å². The van der Waals surface area contributed by atoms with E-state index in [0.717, 1.165) is 0 Å². The third-order valence-electron chi connectivity index (χ3n) is 2.93. The molecule has 0 spiro atoms. The zero-order valence-corrected chi connectivity index (χ0v) is 12.2. The van der Waals surface area contributed by atoms with Crippen LogP contribution in [0.4, 0.5) is 22.0 Å². The van der Waals surface area contributed by atoms with Crippen molar-refractivity contribution in [2.45, 2.75) is 13.1 Å². The Hall–Kier alpha value is -1.89. The minimum atomic E-state index is -3.39. The molecule has 2 aromatic rings. The highest BCUT2D eigenvalue weighted by atomic mass is 28.4. The summed E-state index contributed by atoms with van der Waals surface area (Å²) in [6, 6.07) is 8.07. The van der Waals surface area contributed by atoms with Crippen LogP contribution in [0.3, 0.4) is 0 Å². The molecule has 2 aromatic carbocycles. The summed E-state index contributed by atoms with van der Waals surface area (Å²) in [7, 11) is -3.39. The van der Waals surface area contributed by atoms with E-state index in [9.17, 15) is 22.0 Å². The molecular formula is C14H11F5OSi. The molecule has 0 aliphatic rings. The van der Waals surface area contributed by atoms with E-state index < -0.39 is 42.6 Å². The van der Waals surface area contributed by atoms with E-state index >= 15 is 0 Å². The average molecular weight is 318 g/mol. The molecule has 0 unspecified atom stereocenters.